The predicted octanol–water partition coefficient (Wildman–Crippen LogP) is 2.08. The molecule has 2 rings (SSSR count). The Balaban J connectivity index is 2.04. The van der Waals surface area contributed by atoms with Crippen molar-refractivity contribution in [2.24, 2.45) is 0 Å². The van der Waals surface area contributed by atoms with Gasteiger partial charge >= 0.3 is 5.97 Å². The maximum atomic E-state index is 12.3. The molecule has 1 aromatic rings. The summed E-state index contributed by atoms with van der Waals surface area (Å²) in [6, 6.07) is 1.89. The number of hydrogen-bond donors (Lipinski definition) is 1. The molecule has 0 saturated carbocycles. The number of carboxylic acid groups (broad SMARTS) is 1. The Morgan fingerprint density at radius 3 is 2.95 bits per heavy atom. The van der Waals surface area contributed by atoms with Gasteiger partial charge in [0.05, 0.1) is 11.8 Å². The van der Waals surface area contributed by atoms with Gasteiger partial charge in [0.25, 0.3) is 0 Å². The average molecular weight is 303 g/mol. The van der Waals surface area contributed by atoms with E-state index in [0.29, 0.717) is 6.54 Å². The van der Waals surface area contributed by atoms with Crippen molar-refractivity contribution >= 4 is 27.3 Å². The Morgan fingerprint density at radius 1 is 1.53 bits per heavy atom. The lowest BCUT2D eigenvalue weighted by Gasteiger charge is -2.23. The summed E-state index contributed by atoms with van der Waals surface area (Å²) in [4.78, 5) is 10.5. The number of carboxylic acids is 1. The first-order valence-corrected chi connectivity index (χ1v) is 8.79. The normalized spacial score (nSPS) is 20.7. The lowest BCUT2D eigenvalue weighted by atomic mass is 10.1. The highest BCUT2D eigenvalue weighted by Gasteiger charge is 2.34. The van der Waals surface area contributed by atoms with E-state index < -0.39 is 16.0 Å². The number of hydrogen-bond acceptors (Lipinski definition) is 4. The predicted molar refractivity (Wildman–Crippen MR) is 73.7 cm³/mol. The third-order valence-corrected chi connectivity index (χ3v) is 5.94. The van der Waals surface area contributed by atoms with E-state index in [1.54, 1.807) is 11.3 Å². The van der Waals surface area contributed by atoms with Crippen LogP contribution in [-0.4, -0.2) is 36.1 Å². The fourth-order valence-corrected chi connectivity index (χ4v) is 4.87. The molecule has 5 nitrogen and oxygen atoms in total. The average Bonchev–Trinajstić information content (AvgIpc) is 2.99. The fourth-order valence-electron chi connectivity index (χ4n) is 2.39. The van der Waals surface area contributed by atoms with E-state index in [1.165, 1.54) is 4.31 Å². The molecule has 1 atom stereocenters. The summed E-state index contributed by atoms with van der Waals surface area (Å²) in [5, 5.41) is 12.5. The summed E-state index contributed by atoms with van der Waals surface area (Å²) in [6.07, 6.45) is 1.77. The summed E-state index contributed by atoms with van der Waals surface area (Å²) in [5.74, 6) is -1.04. The molecule has 0 amide bonds. The molecule has 2 heterocycles. The Hall–Kier alpha value is -0.920. The summed E-state index contributed by atoms with van der Waals surface area (Å²) >= 11 is 1.56. The SMILES string of the molecule is O=C(O)CCCS(=O)(=O)N1CCCC1c1ccsc1. The van der Waals surface area contributed by atoms with Crippen LogP contribution in [0, 0.1) is 0 Å². The lowest BCUT2D eigenvalue weighted by molar-refractivity contribution is -0.137. The molecule has 0 aromatic carbocycles. The highest BCUT2D eigenvalue weighted by atomic mass is 32.2. The van der Waals surface area contributed by atoms with Crippen molar-refractivity contribution in [3.8, 4) is 0 Å². The second-order valence-corrected chi connectivity index (χ2v) is 7.46. The second kappa shape index (κ2) is 6.02. The Labute approximate surface area is 116 Å². The molecular weight excluding hydrogens is 286 g/mol. The number of aliphatic carboxylic acids is 1. The monoisotopic (exact) mass is 303 g/mol. The van der Waals surface area contributed by atoms with Crippen LogP contribution in [0.4, 0.5) is 0 Å². The third kappa shape index (κ3) is 3.55. The molecule has 7 heteroatoms. The third-order valence-electron chi connectivity index (χ3n) is 3.28. The Morgan fingerprint density at radius 2 is 2.32 bits per heavy atom. The maximum Gasteiger partial charge on any atom is 0.303 e. The molecule has 1 saturated heterocycles. The Kier molecular flexibility index (Phi) is 4.59. The van der Waals surface area contributed by atoms with E-state index >= 15 is 0 Å². The quantitative estimate of drug-likeness (QED) is 0.873. The van der Waals surface area contributed by atoms with Crippen LogP contribution in [0.15, 0.2) is 16.8 Å². The molecule has 1 N–H and O–H groups in total. The van der Waals surface area contributed by atoms with Crippen molar-refractivity contribution in [3.63, 3.8) is 0 Å². The molecule has 106 valence electrons. The second-order valence-electron chi connectivity index (χ2n) is 4.64. The minimum Gasteiger partial charge on any atom is -0.481 e. The van der Waals surface area contributed by atoms with E-state index in [2.05, 4.69) is 0 Å². The van der Waals surface area contributed by atoms with Gasteiger partial charge in [0, 0.05) is 13.0 Å². The molecule has 0 bridgehead atoms. The fraction of sp³-hybridized carbons (Fsp3) is 0.583. The van der Waals surface area contributed by atoms with Crippen molar-refractivity contribution in [3.05, 3.63) is 22.4 Å². The van der Waals surface area contributed by atoms with Crippen LogP contribution >= 0.6 is 11.3 Å². The van der Waals surface area contributed by atoms with Crippen molar-refractivity contribution < 1.29 is 18.3 Å². The minimum absolute atomic E-state index is 0.0684. The summed E-state index contributed by atoms with van der Waals surface area (Å²) in [6.45, 7) is 0.538. The summed E-state index contributed by atoms with van der Waals surface area (Å²) in [7, 11) is -3.36. The van der Waals surface area contributed by atoms with Gasteiger partial charge in [0.15, 0.2) is 0 Å². The smallest absolute Gasteiger partial charge is 0.303 e. The highest BCUT2D eigenvalue weighted by Crippen LogP contribution is 2.35. The van der Waals surface area contributed by atoms with Gasteiger partial charge in [0.1, 0.15) is 0 Å². The van der Waals surface area contributed by atoms with E-state index in [0.717, 1.165) is 18.4 Å². The number of nitrogens with zero attached hydrogens (tertiary/aromatic N) is 1. The first kappa shape index (κ1) is 14.5. The zero-order valence-electron chi connectivity index (χ0n) is 10.5. The zero-order chi connectivity index (χ0) is 13.9. The highest BCUT2D eigenvalue weighted by molar-refractivity contribution is 7.89. The molecule has 1 fully saturated rings. The van der Waals surface area contributed by atoms with Crippen LogP contribution in [0.3, 0.4) is 0 Å². The molecule has 1 unspecified atom stereocenters. The number of sulfonamides is 1. The zero-order valence-corrected chi connectivity index (χ0v) is 12.1. The summed E-state index contributed by atoms with van der Waals surface area (Å²) in [5.41, 5.74) is 1.05. The van der Waals surface area contributed by atoms with E-state index in [1.807, 2.05) is 16.8 Å². The standard InChI is InChI=1S/C12H17NO4S2/c14-12(15)4-2-8-19(16,17)13-6-1-3-11(13)10-5-7-18-9-10/h5,7,9,11H,1-4,6,8H2,(H,14,15). The number of thiophene rings is 1. The molecule has 0 spiro atoms. The van der Waals surface area contributed by atoms with Crippen LogP contribution in [0.2, 0.25) is 0 Å². The molecule has 0 aliphatic carbocycles. The van der Waals surface area contributed by atoms with Crippen LogP contribution < -0.4 is 0 Å². The van der Waals surface area contributed by atoms with Gasteiger partial charge < -0.3 is 5.11 Å². The molecule has 1 aliphatic rings. The van der Waals surface area contributed by atoms with Crippen molar-refractivity contribution in [2.75, 3.05) is 12.3 Å². The summed E-state index contributed by atoms with van der Waals surface area (Å²) < 4.78 is 26.1. The van der Waals surface area contributed by atoms with Gasteiger partial charge in [-0.3, -0.25) is 4.79 Å². The van der Waals surface area contributed by atoms with E-state index in [-0.39, 0.29) is 24.6 Å². The molecule has 0 radical (unpaired) electrons. The first-order chi connectivity index (χ1) is 9.00. The molecular formula is C12H17NO4S2. The maximum absolute atomic E-state index is 12.3. The molecule has 1 aromatic heterocycles. The van der Waals surface area contributed by atoms with Gasteiger partial charge in [0.2, 0.25) is 10.0 Å². The lowest BCUT2D eigenvalue weighted by Crippen LogP contribution is -2.32. The first-order valence-electron chi connectivity index (χ1n) is 6.24. The van der Waals surface area contributed by atoms with Gasteiger partial charge in [-0.05, 0) is 41.7 Å². The van der Waals surface area contributed by atoms with E-state index in [4.69, 9.17) is 5.11 Å². The minimum atomic E-state index is -3.36. The largest absolute Gasteiger partial charge is 0.481 e. The molecule has 1 aliphatic heterocycles. The van der Waals surface area contributed by atoms with E-state index in [9.17, 15) is 13.2 Å². The molecule has 19 heavy (non-hydrogen) atoms. The number of rotatable bonds is 6. The van der Waals surface area contributed by atoms with Crippen molar-refractivity contribution in [1.82, 2.24) is 4.31 Å². The van der Waals surface area contributed by atoms with Crippen LogP contribution in [0.25, 0.3) is 0 Å². The number of carbonyl (C=O) groups is 1. The van der Waals surface area contributed by atoms with Crippen molar-refractivity contribution in [1.29, 1.82) is 0 Å². The van der Waals surface area contributed by atoms with Gasteiger partial charge in [-0.25, -0.2) is 8.42 Å². The van der Waals surface area contributed by atoms with Crippen LogP contribution in [-0.2, 0) is 14.8 Å². The topological polar surface area (TPSA) is 74.7 Å². The van der Waals surface area contributed by atoms with Gasteiger partial charge in [-0.1, -0.05) is 0 Å². The van der Waals surface area contributed by atoms with Gasteiger partial charge in [-0.15, -0.1) is 0 Å². The Bertz CT molecular complexity index is 524. The van der Waals surface area contributed by atoms with Crippen molar-refractivity contribution in [2.45, 2.75) is 31.7 Å². The van der Waals surface area contributed by atoms with Gasteiger partial charge in [-0.2, -0.15) is 15.6 Å². The van der Waals surface area contributed by atoms with Crippen LogP contribution in [0.5, 0.6) is 0 Å². The van der Waals surface area contributed by atoms with Crippen LogP contribution in [0.1, 0.15) is 37.3 Å².